The molecule has 0 amide bonds. The van der Waals surface area contributed by atoms with Crippen molar-refractivity contribution in [2.75, 3.05) is 13.2 Å². The molecule has 0 saturated carbocycles. The maximum Gasteiger partial charge on any atom is 0.416 e. The Labute approximate surface area is 194 Å². The summed E-state index contributed by atoms with van der Waals surface area (Å²) in [7, 11) is 0. The molecule has 0 unspecified atom stereocenters. The first kappa shape index (κ1) is 25.1. The summed E-state index contributed by atoms with van der Waals surface area (Å²) in [6, 6.07) is 11.6. The number of aryl methyl sites for hydroxylation is 2. The SMILES string of the molecule is CCCn1c(CCc2ccc(OCC(=O)OCC)cc2)nn(-c2ccc(C(F)(F)F)cc2)c1=O. The van der Waals surface area contributed by atoms with E-state index in [1.54, 1.807) is 23.6 Å². The number of aromatic nitrogens is 3. The van der Waals surface area contributed by atoms with Gasteiger partial charge in [-0.3, -0.25) is 4.57 Å². The second-order valence-electron chi connectivity index (χ2n) is 7.54. The number of carbonyl (C=O) groups is 1. The second kappa shape index (κ2) is 11.0. The Morgan fingerprint density at radius 2 is 1.68 bits per heavy atom. The summed E-state index contributed by atoms with van der Waals surface area (Å²) in [4.78, 5) is 24.3. The molecule has 0 saturated heterocycles. The quantitative estimate of drug-likeness (QED) is 0.410. The number of carbonyl (C=O) groups excluding carboxylic acids is 1. The van der Waals surface area contributed by atoms with E-state index in [-0.39, 0.29) is 18.0 Å². The lowest BCUT2D eigenvalue weighted by atomic mass is 10.1. The van der Waals surface area contributed by atoms with Crippen molar-refractivity contribution in [2.45, 2.75) is 45.8 Å². The molecule has 10 heteroatoms. The number of benzene rings is 2. The Morgan fingerprint density at radius 1 is 1.00 bits per heavy atom. The largest absolute Gasteiger partial charge is 0.482 e. The molecule has 3 aromatic rings. The van der Waals surface area contributed by atoms with Crippen LogP contribution in [0.5, 0.6) is 5.75 Å². The molecule has 0 spiro atoms. The van der Waals surface area contributed by atoms with Gasteiger partial charge in [-0.2, -0.15) is 17.9 Å². The van der Waals surface area contributed by atoms with Crippen LogP contribution in [0.3, 0.4) is 0 Å². The first-order chi connectivity index (χ1) is 16.2. The molecule has 0 fully saturated rings. The Balaban J connectivity index is 1.72. The minimum atomic E-state index is -4.45. The molecule has 0 N–H and O–H groups in total. The molecule has 1 aromatic heterocycles. The van der Waals surface area contributed by atoms with Crippen molar-refractivity contribution in [3.8, 4) is 11.4 Å². The zero-order valence-electron chi connectivity index (χ0n) is 19.0. The van der Waals surface area contributed by atoms with E-state index < -0.39 is 17.7 Å². The van der Waals surface area contributed by atoms with Crippen molar-refractivity contribution < 1.29 is 27.4 Å². The Hall–Kier alpha value is -3.56. The number of hydrogen-bond donors (Lipinski definition) is 0. The molecule has 182 valence electrons. The van der Waals surface area contributed by atoms with Crippen molar-refractivity contribution in [3.05, 3.63) is 76.0 Å². The van der Waals surface area contributed by atoms with E-state index in [0.29, 0.717) is 44.0 Å². The van der Waals surface area contributed by atoms with Crippen LogP contribution < -0.4 is 10.4 Å². The Morgan fingerprint density at radius 3 is 2.26 bits per heavy atom. The highest BCUT2D eigenvalue weighted by Gasteiger charge is 2.30. The minimum absolute atomic E-state index is 0.169. The van der Waals surface area contributed by atoms with Crippen LogP contribution in [0.2, 0.25) is 0 Å². The normalized spacial score (nSPS) is 11.4. The number of nitrogens with zero attached hydrogens (tertiary/aromatic N) is 3. The van der Waals surface area contributed by atoms with E-state index in [1.807, 2.05) is 19.1 Å². The molecule has 0 aliphatic heterocycles. The average molecular weight is 477 g/mol. The standard InChI is InChI=1S/C24H26F3N3O4/c1-3-15-29-21(14-7-17-5-12-20(13-6-17)34-16-22(31)33-4-2)28-30(23(29)32)19-10-8-18(9-11-19)24(25,26)27/h5-6,8-13H,3-4,7,14-16H2,1-2H3. The molecule has 34 heavy (non-hydrogen) atoms. The highest BCUT2D eigenvalue weighted by atomic mass is 19.4. The predicted octanol–water partition coefficient (Wildman–Crippen LogP) is 4.19. The number of esters is 1. The third kappa shape index (κ3) is 6.27. The van der Waals surface area contributed by atoms with Gasteiger partial charge >= 0.3 is 17.8 Å². The van der Waals surface area contributed by atoms with E-state index in [9.17, 15) is 22.8 Å². The van der Waals surface area contributed by atoms with Crippen LogP contribution in [0.25, 0.3) is 5.69 Å². The van der Waals surface area contributed by atoms with E-state index >= 15 is 0 Å². The van der Waals surface area contributed by atoms with Crippen molar-refractivity contribution in [1.29, 1.82) is 0 Å². The van der Waals surface area contributed by atoms with Gasteiger partial charge in [-0.1, -0.05) is 19.1 Å². The molecule has 0 bridgehead atoms. The molecule has 0 atom stereocenters. The van der Waals surface area contributed by atoms with Crippen LogP contribution in [-0.2, 0) is 35.1 Å². The highest BCUT2D eigenvalue weighted by Crippen LogP contribution is 2.29. The number of hydrogen-bond acceptors (Lipinski definition) is 5. The zero-order chi connectivity index (χ0) is 24.7. The summed E-state index contributed by atoms with van der Waals surface area (Å²) < 4.78 is 51.4. The van der Waals surface area contributed by atoms with Crippen LogP contribution in [-0.4, -0.2) is 33.5 Å². The summed E-state index contributed by atoms with van der Waals surface area (Å²) in [5, 5.41) is 4.40. The summed E-state index contributed by atoms with van der Waals surface area (Å²) >= 11 is 0. The monoisotopic (exact) mass is 477 g/mol. The first-order valence-electron chi connectivity index (χ1n) is 11.0. The fraction of sp³-hybridized carbons (Fsp3) is 0.375. The summed E-state index contributed by atoms with van der Waals surface area (Å²) in [5.41, 5.74) is 0.0757. The fourth-order valence-electron chi connectivity index (χ4n) is 3.38. The smallest absolute Gasteiger partial charge is 0.416 e. The topological polar surface area (TPSA) is 75.3 Å². The molecule has 7 nitrogen and oxygen atoms in total. The number of halogens is 3. The van der Waals surface area contributed by atoms with Gasteiger partial charge in [-0.05, 0) is 61.7 Å². The summed E-state index contributed by atoms with van der Waals surface area (Å²) in [6.45, 7) is 4.23. The lowest BCUT2D eigenvalue weighted by Crippen LogP contribution is -2.24. The van der Waals surface area contributed by atoms with Crippen molar-refractivity contribution in [2.24, 2.45) is 0 Å². The number of ether oxygens (including phenoxy) is 2. The Kier molecular flexibility index (Phi) is 8.14. The number of rotatable bonds is 10. The maximum absolute atomic E-state index is 12.9. The molecule has 2 aromatic carbocycles. The third-order valence-corrected chi connectivity index (χ3v) is 5.05. The molecule has 1 heterocycles. The van der Waals surface area contributed by atoms with Crippen LogP contribution >= 0.6 is 0 Å². The van der Waals surface area contributed by atoms with Gasteiger partial charge in [-0.15, -0.1) is 5.10 Å². The van der Waals surface area contributed by atoms with E-state index in [2.05, 4.69) is 5.10 Å². The van der Waals surface area contributed by atoms with Gasteiger partial charge in [0.25, 0.3) is 0 Å². The fourth-order valence-corrected chi connectivity index (χ4v) is 3.38. The van der Waals surface area contributed by atoms with Crippen molar-refractivity contribution in [3.63, 3.8) is 0 Å². The maximum atomic E-state index is 12.9. The number of alkyl halides is 3. The van der Waals surface area contributed by atoms with Gasteiger partial charge < -0.3 is 9.47 Å². The Bertz CT molecular complexity index is 1150. The zero-order valence-corrected chi connectivity index (χ0v) is 19.0. The molecular weight excluding hydrogens is 451 g/mol. The third-order valence-electron chi connectivity index (χ3n) is 5.05. The molecule has 0 radical (unpaired) electrons. The van der Waals surface area contributed by atoms with Crippen LogP contribution in [0, 0.1) is 0 Å². The van der Waals surface area contributed by atoms with E-state index in [1.165, 1.54) is 12.1 Å². The van der Waals surface area contributed by atoms with Crippen molar-refractivity contribution in [1.82, 2.24) is 14.3 Å². The van der Waals surface area contributed by atoms with Gasteiger partial charge in [0.2, 0.25) is 0 Å². The van der Waals surface area contributed by atoms with Gasteiger partial charge in [-0.25, -0.2) is 9.59 Å². The molecule has 0 aliphatic rings. The van der Waals surface area contributed by atoms with E-state index in [4.69, 9.17) is 9.47 Å². The average Bonchev–Trinajstić information content (AvgIpc) is 3.12. The highest BCUT2D eigenvalue weighted by molar-refractivity contribution is 5.71. The predicted molar refractivity (Wildman–Crippen MR) is 119 cm³/mol. The van der Waals surface area contributed by atoms with E-state index in [0.717, 1.165) is 22.4 Å². The van der Waals surface area contributed by atoms with Crippen LogP contribution in [0.15, 0.2) is 53.3 Å². The first-order valence-corrected chi connectivity index (χ1v) is 11.0. The van der Waals surface area contributed by atoms with Gasteiger partial charge in [0.15, 0.2) is 6.61 Å². The molecule has 0 aliphatic carbocycles. The van der Waals surface area contributed by atoms with Crippen LogP contribution in [0.1, 0.15) is 37.2 Å². The lowest BCUT2D eigenvalue weighted by Gasteiger charge is -2.07. The molecular formula is C24H26F3N3O4. The summed E-state index contributed by atoms with van der Waals surface area (Å²) in [6.07, 6.45) is -2.69. The van der Waals surface area contributed by atoms with Gasteiger partial charge in [0.05, 0.1) is 17.9 Å². The lowest BCUT2D eigenvalue weighted by molar-refractivity contribution is -0.145. The minimum Gasteiger partial charge on any atom is -0.482 e. The van der Waals surface area contributed by atoms with Crippen molar-refractivity contribution >= 4 is 5.97 Å². The van der Waals surface area contributed by atoms with Gasteiger partial charge in [0.1, 0.15) is 11.6 Å². The molecule has 3 rings (SSSR count). The second-order valence-corrected chi connectivity index (χ2v) is 7.54. The van der Waals surface area contributed by atoms with Gasteiger partial charge in [0, 0.05) is 13.0 Å². The summed E-state index contributed by atoms with van der Waals surface area (Å²) in [5.74, 6) is 0.643. The van der Waals surface area contributed by atoms with Crippen LogP contribution in [0.4, 0.5) is 13.2 Å².